The highest BCUT2D eigenvalue weighted by molar-refractivity contribution is 8.00. The van der Waals surface area contributed by atoms with E-state index in [-0.39, 0.29) is 0 Å². The van der Waals surface area contributed by atoms with Gasteiger partial charge in [-0.1, -0.05) is 20.3 Å². The average Bonchev–Trinajstić information content (AvgIpc) is 2.27. The van der Waals surface area contributed by atoms with Crippen LogP contribution >= 0.6 is 11.8 Å². The standard InChI is InChI=1S/C13H27NOS/c1-3-8-14-12-5-4-6-13(10-12)16-11(2)7-9-15/h11-15H,3-10H2,1-2H3. The molecule has 2 nitrogen and oxygen atoms in total. The first kappa shape index (κ1) is 14.3. The van der Waals surface area contributed by atoms with Crippen LogP contribution in [-0.2, 0) is 0 Å². The molecule has 2 N–H and O–H groups in total. The van der Waals surface area contributed by atoms with Crippen LogP contribution in [0.4, 0.5) is 0 Å². The molecule has 1 rings (SSSR count). The molecule has 0 heterocycles. The lowest BCUT2D eigenvalue weighted by molar-refractivity contribution is 0.288. The van der Waals surface area contributed by atoms with Crippen LogP contribution in [0.3, 0.4) is 0 Å². The van der Waals surface area contributed by atoms with E-state index in [1.807, 2.05) is 0 Å². The zero-order valence-corrected chi connectivity index (χ0v) is 11.6. The summed E-state index contributed by atoms with van der Waals surface area (Å²) in [7, 11) is 0. The number of hydrogen-bond donors (Lipinski definition) is 2. The number of rotatable bonds is 7. The number of aliphatic hydroxyl groups excluding tert-OH is 1. The smallest absolute Gasteiger partial charge is 0.0441 e. The van der Waals surface area contributed by atoms with Crippen molar-refractivity contribution >= 4 is 11.8 Å². The van der Waals surface area contributed by atoms with E-state index in [4.69, 9.17) is 5.11 Å². The number of nitrogens with one attached hydrogen (secondary N) is 1. The van der Waals surface area contributed by atoms with Crippen LogP contribution in [0.15, 0.2) is 0 Å². The maximum atomic E-state index is 8.91. The van der Waals surface area contributed by atoms with E-state index in [9.17, 15) is 0 Å². The fourth-order valence-electron chi connectivity index (χ4n) is 2.38. The van der Waals surface area contributed by atoms with Crippen molar-refractivity contribution in [1.29, 1.82) is 0 Å². The molecule has 3 atom stereocenters. The first-order valence-corrected chi connectivity index (χ1v) is 7.70. The van der Waals surface area contributed by atoms with Crippen LogP contribution in [0.2, 0.25) is 0 Å². The van der Waals surface area contributed by atoms with Crippen LogP contribution in [0, 0.1) is 0 Å². The van der Waals surface area contributed by atoms with Gasteiger partial charge in [0.25, 0.3) is 0 Å². The summed E-state index contributed by atoms with van der Waals surface area (Å²) in [5.74, 6) is 0. The molecule has 0 amide bonds. The van der Waals surface area contributed by atoms with Crippen molar-refractivity contribution < 1.29 is 5.11 Å². The Labute approximate surface area is 105 Å². The highest BCUT2D eigenvalue weighted by atomic mass is 32.2. The lowest BCUT2D eigenvalue weighted by atomic mass is 9.95. The lowest BCUT2D eigenvalue weighted by Crippen LogP contribution is -2.36. The predicted molar refractivity (Wildman–Crippen MR) is 73.1 cm³/mol. The molecule has 0 aromatic rings. The van der Waals surface area contributed by atoms with Crippen molar-refractivity contribution in [2.24, 2.45) is 0 Å². The molecular formula is C13H27NOS. The zero-order valence-electron chi connectivity index (χ0n) is 10.7. The highest BCUT2D eigenvalue weighted by Crippen LogP contribution is 2.32. The molecule has 1 aliphatic rings. The minimum absolute atomic E-state index is 0.332. The van der Waals surface area contributed by atoms with E-state index < -0.39 is 0 Å². The van der Waals surface area contributed by atoms with E-state index in [0.29, 0.717) is 11.9 Å². The summed E-state index contributed by atoms with van der Waals surface area (Å²) in [5, 5.41) is 14.0. The van der Waals surface area contributed by atoms with Crippen LogP contribution < -0.4 is 5.32 Å². The van der Waals surface area contributed by atoms with Gasteiger partial charge in [0.05, 0.1) is 0 Å². The van der Waals surface area contributed by atoms with Gasteiger partial charge in [0.15, 0.2) is 0 Å². The molecule has 1 saturated carbocycles. The highest BCUT2D eigenvalue weighted by Gasteiger charge is 2.23. The van der Waals surface area contributed by atoms with Gasteiger partial charge in [0, 0.05) is 23.1 Å². The second kappa shape index (κ2) is 8.37. The molecule has 0 aliphatic heterocycles. The number of aliphatic hydroxyl groups is 1. The van der Waals surface area contributed by atoms with Crippen LogP contribution in [-0.4, -0.2) is 34.8 Å². The predicted octanol–water partition coefficient (Wildman–Crippen LogP) is 2.80. The summed E-state index contributed by atoms with van der Waals surface area (Å²) < 4.78 is 0. The monoisotopic (exact) mass is 245 g/mol. The Morgan fingerprint density at radius 1 is 1.44 bits per heavy atom. The van der Waals surface area contributed by atoms with Gasteiger partial charge in [-0.25, -0.2) is 0 Å². The molecule has 0 radical (unpaired) electrons. The van der Waals surface area contributed by atoms with Crippen molar-refractivity contribution in [3.05, 3.63) is 0 Å². The van der Waals surface area contributed by atoms with Crippen molar-refractivity contribution in [3.63, 3.8) is 0 Å². The van der Waals surface area contributed by atoms with E-state index in [1.165, 1.54) is 32.1 Å². The molecule has 0 bridgehead atoms. The van der Waals surface area contributed by atoms with Crippen molar-refractivity contribution in [3.8, 4) is 0 Å². The summed E-state index contributed by atoms with van der Waals surface area (Å²) >= 11 is 2.08. The molecule has 0 saturated heterocycles. The topological polar surface area (TPSA) is 32.3 Å². The molecule has 96 valence electrons. The molecule has 1 fully saturated rings. The van der Waals surface area contributed by atoms with E-state index >= 15 is 0 Å². The second-order valence-electron chi connectivity index (χ2n) is 4.90. The molecule has 3 heteroatoms. The number of thioether (sulfide) groups is 1. The van der Waals surface area contributed by atoms with Gasteiger partial charge in [-0.15, -0.1) is 0 Å². The van der Waals surface area contributed by atoms with Crippen molar-refractivity contribution in [2.45, 2.75) is 68.9 Å². The van der Waals surface area contributed by atoms with Gasteiger partial charge >= 0.3 is 0 Å². The number of hydrogen-bond acceptors (Lipinski definition) is 3. The zero-order chi connectivity index (χ0) is 11.8. The van der Waals surface area contributed by atoms with Gasteiger partial charge < -0.3 is 10.4 Å². The van der Waals surface area contributed by atoms with Gasteiger partial charge in [-0.3, -0.25) is 0 Å². The Morgan fingerprint density at radius 2 is 2.25 bits per heavy atom. The van der Waals surface area contributed by atoms with E-state index in [0.717, 1.165) is 24.3 Å². The maximum absolute atomic E-state index is 8.91. The van der Waals surface area contributed by atoms with Crippen LogP contribution in [0.25, 0.3) is 0 Å². The van der Waals surface area contributed by atoms with Crippen molar-refractivity contribution in [2.75, 3.05) is 13.2 Å². The minimum Gasteiger partial charge on any atom is -0.396 e. The van der Waals surface area contributed by atoms with Gasteiger partial charge in [-0.05, 0) is 38.6 Å². The normalized spacial score (nSPS) is 27.9. The lowest BCUT2D eigenvalue weighted by Gasteiger charge is -2.31. The third kappa shape index (κ3) is 5.55. The summed E-state index contributed by atoms with van der Waals surface area (Å²) in [5.41, 5.74) is 0. The Kier molecular flexibility index (Phi) is 7.50. The van der Waals surface area contributed by atoms with Gasteiger partial charge in [0.2, 0.25) is 0 Å². The fourth-order valence-corrected chi connectivity index (χ4v) is 3.93. The molecule has 3 unspecified atom stereocenters. The van der Waals surface area contributed by atoms with Crippen LogP contribution in [0.1, 0.15) is 52.4 Å². The molecule has 0 spiro atoms. The molecule has 0 aromatic carbocycles. The maximum Gasteiger partial charge on any atom is 0.0441 e. The first-order valence-electron chi connectivity index (χ1n) is 6.76. The van der Waals surface area contributed by atoms with Crippen molar-refractivity contribution in [1.82, 2.24) is 5.32 Å². The first-order chi connectivity index (χ1) is 7.76. The summed E-state index contributed by atoms with van der Waals surface area (Å²) in [4.78, 5) is 0. The Hall–Kier alpha value is 0.270. The Balaban J connectivity index is 2.21. The van der Waals surface area contributed by atoms with Crippen LogP contribution in [0.5, 0.6) is 0 Å². The SMILES string of the molecule is CCCNC1CCCC(SC(C)CCO)C1. The third-order valence-corrected chi connectivity index (χ3v) is 4.78. The second-order valence-corrected chi connectivity index (χ2v) is 6.64. The Morgan fingerprint density at radius 3 is 2.94 bits per heavy atom. The van der Waals surface area contributed by atoms with Gasteiger partial charge in [0.1, 0.15) is 0 Å². The third-order valence-electron chi connectivity index (χ3n) is 3.27. The summed E-state index contributed by atoms with van der Waals surface area (Å²) in [6.45, 7) is 5.96. The molecule has 16 heavy (non-hydrogen) atoms. The average molecular weight is 245 g/mol. The molecule has 0 aromatic heterocycles. The molecular weight excluding hydrogens is 218 g/mol. The summed E-state index contributed by atoms with van der Waals surface area (Å²) in [6.07, 6.45) is 7.57. The van der Waals surface area contributed by atoms with E-state index in [2.05, 4.69) is 30.9 Å². The van der Waals surface area contributed by atoms with Gasteiger partial charge in [-0.2, -0.15) is 11.8 Å². The minimum atomic E-state index is 0.332. The Bertz CT molecular complexity index is 177. The molecule has 1 aliphatic carbocycles. The van der Waals surface area contributed by atoms with E-state index in [1.54, 1.807) is 0 Å². The summed E-state index contributed by atoms with van der Waals surface area (Å²) in [6, 6.07) is 0.743. The largest absolute Gasteiger partial charge is 0.396 e. The quantitative estimate of drug-likeness (QED) is 0.723. The fraction of sp³-hybridized carbons (Fsp3) is 1.00.